The zero-order valence-electron chi connectivity index (χ0n) is 15.9. The van der Waals surface area contributed by atoms with Crippen molar-refractivity contribution in [3.05, 3.63) is 58.7 Å². The summed E-state index contributed by atoms with van der Waals surface area (Å²) in [4.78, 5) is 19.0. The first-order valence-corrected chi connectivity index (χ1v) is 11.6. The summed E-state index contributed by atoms with van der Waals surface area (Å²) in [5, 5.41) is 5.38. The lowest BCUT2D eigenvalue weighted by Crippen LogP contribution is -2.36. The van der Waals surface area contributed by atoms with Gasteiger partial charge in [-0.25, -0.2) is 9.37 Å². The number of halogens is 2. The number of aromatic nitrogens is 1. The number of hydrogen-bond donors (Lipinski definition) is 1. The highest BCUT2D eigenvalue weighted by Gasteiger charge is 2.15. The van der Waals surface area contributed by atoms with E-state index >= 15 is 0 Å². The van der Waals surface area contributed by atoms with E-state index in [9.17, 15) is 9.18 Å². The molecule has 0 radical (unpaired) electrons. The largest absolute Gasteiger partial charge is 0.378 e. The summed E-state index contributed by atoms with van der Waals surface area (Å²) < 4.78 is 19.2. The van der Waals surface area contributed by atoms with Crippen molar-refractivity contribution < 1.29 is 13.9 Å². The van der Waals surface area contributed by atoms with Gasteiger partial charge in [0.2, 0.25) is 5.91 Å². The minimum atomic E-state index is -0.279. The molecule has 1 aliphatic rings. The second-order valence-corrected chi connectivity index (χ2v) is 9.10. The smallest absolute Gasteiger partial charge is 0.234 e. The monoisotopic (exact) mass is 463 g/mol. The predicted octanol–water partition coefficient (Wildman–Crippen LogP) is 5.17. The Balaban J connectivity index is 1.32. The van der Waals surface area contributed by atoms with E-state index in [0.717, 1.165) is 34.4 Å². The molecule has 2 aromatic carbocycles. The molecule has 30 heavy (non-hydrogen) atoms. The highest BCUT2D eigenvalue weighted by atomic mass is 35.5. The molecule has 1 aliphatic heterocycles. The molecule has 1 aromatic heterocycles. The first-order valence-electron chi connectivity index (χ1n) is 9.35. The molecule has 2 heterocycles. The number of nitrogens with one attached hydrogen (secondary N) is 1. The Kier molecular flexibility index (Phi) is 6.89. The number of rotatable bonds is 6. The van der Waals surface area contributed by atoms with E-state index in [0.29, 0.717) is 23.9 Å². The maximum Gasteiger partial charge on any atom is 0.234 e. The number of benzene rings is 2. The molecule has 0 bridgehead atoms. The first-order chi connectivity index (χ1) is 14.6. The lowest BCUT2D eigenvalue weighted by molar-refractivity contribution is -0.113. The van der Waals surface area contributed by atoms with Crippen LogP contribution >= 0.6 is 34.7 Å². The Morgan fingerprint density at radius 1 is 1.23 bits per heavy atom. The third-order valence-electron chi connectivity index (χ3n) is 4.53. The maximum atomic E-state index is 13.1. The van der Waals surface area contributed by atoms with Gasteiger partial charge in [-0.15, -0.1) is 11.3 Å². The minimum absolute atomic E-state index is 0.131. The molecule has 0 atom stereocenters. The van der Waals surface area contributed by atoms with Crippen molar-refractivity contribution in [2.45, 2.75) is 4.34 Å². The topological polar surface area (TPSA) is 54.5 Å². The first kappa shape index (κ1) is 21.1. The van der Waals surface area contributed by atoms with Crippen LogP contribution in [0, 0.1) is 5.82 Å². The zero-order chi connectivity index (χ0) is 20.9. The molecule has 0 saturated carbocycles. The second kappa shape index (κ2) is 9.78. The van der Waals surface area contributed by atoms with E-state index in [1.807, 2.05) is 17.5 Å². The van der Waals surface area contributed by atoms with Crippen LogP contribution in [0.2, 0.25) is 5.02 Å². The maximum absolute atomic E-state index is 13.1. The highest BCUT2D eigenvalue weighted by Crippen LogP contribution is 2.31. The Labute approximate surface area is 187 Å². The summed E-state index contributed by atoms with van der Waals surface area (Å²) in [5.74, 6) is -0.175. The Bertz CT molecular complexity index is 1020. The van der Waals surface area contributed by atoms with Gasteiger partial charge in [-0.05, 0) is 42.5 Å². The van der Waals surface area contributed by atoms with E-state index in [2.05, 4.69) is 15.2 Å². The van der Waals surface area contributed by atoms with Crippen molar-refractivity contribution in [3.8, 4) is 11.3 Å². The van der Waals surface area contributed by atoms with Crippen molar-refractivity contribution in [1.29, 1.82) is 0 Å². The molecule has 1 fully saturated rings. The number of morpholine rings is 1. The molecule has 1 amide bonds. The van der Waals surface area contributed by atoms with Gasteiger partial charge in [0.25, 0.3) is 0 Å². The molecule has 1 saturated heterocycles. The van der Waals surface area contributed by atoms with Gasteiger partial charge >= 0.3 is 0 Å². The molecule has 1 N–H and O–H groups in total. The lowest BCUT2D eigenvalue weighted by Gasteiger charge is -2.29. The molecule has 5 nitrogen and oxygen atoms in total. The molecular weight excluding hydrogens is 445 g/mol. The van der Waals surface area contributed by atoms with Crippen LogP contribution in [0.5, 0.6) is 0 Å². The summed E-state index contributed by atoms with van der Waals surface area (Å²) >= 11 is 9.24. The van der Waals surface area contributed by atoms with Gasteiger partial charge in [-0.2, -0.15) is 0 Å². The fraction of sp³-hybridized carbons (Fsp3) is 0.238. The number of hydrogen-bond acceptors (Lipinski definition) is 6. The minimum Gasteiger partial charge on any atom is -0.378 e. The number of thiazole rings is 1. The van der Waals surface area contributed by atoms with Crippen molar-refractivity contribution >= 4 is 52.0 Å². The van der Waals surface area contributed by atoms with Crippen LogP contribution in [0.25, 0.3) is 11.3 Å². The molecule has 0 spiro atoms. The van der Waals surface area contributed by atoms with E-state index in [1.165, 1.54) is 35.2 Å². The van der Waals surface area contributed by atoms with Gasteiger partial charge in [0, 0.05) is 29.7 Å². The number of ether oxygens (including phenoxy) is 1. The number of carbonyl (C=O) groups excluding carboxylic acids is 1. The third kappa shape index (κ3) is 5.31. The van der Waals surface area contributed by atoms with Crippen LogP contribution in [0.3, 0.4) is 0 Å². The van der Waals surface area contributed by atoms with E-state index in [4.69, 9.17) is 16.3 Å². The van der Waals surface area contributed by atoms with Crippen LogP contribution in [0.15, 0.2) is 52.2 Å². The zero-order valence-corrected chi connectivity index (χ0v) is 18.3. The molecule has 0 unspecified atom stereocenters. The molecule has 156 valence electrons. The van der Waals surface area contributed by atoms with Gasteiger partial charge in [-0.3, -0.25) is 4.79 Å². The molecule has 3 aromatic rings. The summed E-state index contributed by atoms with van der Waals surface area (Å²) in [7, 11) is 0. The summed E-state index contributed by atoms with van der Waals surface area (Å²) in [6, 6.07) is 11.7. The van der Waals surface area contributed by atoms with Gasteiger partial charge < -0.3 is 15.0 Å². The second-order valence-electron chi connectivity index (χ2n) is 6.61. The Morgan fingerprint density at radius 3 is 2.73 bits per heavy atom. The average Bonchev–Trinajstić information content (AvgIpc) is 3.23. The molecule has 0 aliphatic carbocycles. The highest BCUT2D eigenvalue weighted by molar-refractivity contribution is 8.01. The molecule has 4 rings (SSSR count). The Morgan fingerprint density at radius 2 is 2.00 bits per heavy atom. The average molecular weight is 464 g/mol. The van der Waals surface area contributed by atoms with Crippen LogP contribution in [0.4, 0.5) is 15.8 Å². The van der Waals surface area contributed by atoms with Crippen LogP contribution in [-0.2, 0) is 9.53 Å². The van der Waals surface area contributed by atoms with Crippen molar-refractivity contribution in [2.75, 3.05) is 42.3 Å². The van der Waals surface area contributed by atoms with Crippen LogP contribution < -0.4 is 10.2 Å². The molecular formula is C21H19ClFN3O2S2. The van der Waals surface area contributed by atoms with E-state index in [-0.39, 0.29) is 17.5 Å². The number of amides is 1. The van der Waals surface area contributed by atoms with Gasteiger partial charge in [0.05, 0.1) is 35.4 Å². The summed E-state index contributed by atoms with van der Waals surface area (Å²) in [6.45, 7) is 2.98. The van der Waals surface area contributed by atoms with Gasteiger partial charge in [0.1, 0.15) is 5.82 Å². The lowest BCUT2D eigenvalue weighted by atomic mass is 10.2. The van der Waals surface area contributed by atoms with Crippen LogP contribution in [-0.4, -0.2) is 42.9 Å². The fourth-order valence-electron chi connectivity index (χ4n) is 3.05. The van der Waals surface area contributed by atoms with Gasteiger partial charge in [0.15, 0.2) is 4.34 Å². The Hall–Kier alpha value is -2.13. The SMILES string of the molecule is O=C(CSc1nc(-c2ccc(F)cc2)cs1)Nc1ccc(N2CCOCC2)c(Cl)c1. The number of carbonyl (C=O) groups is 1. The number of nitrogens with zero attached hydrogens (tertiary/aromatic N) is 2. The van der Waals surface area contributed by atoms with Crippen molar-refractivity contribution in [1.82, 2.24) is 4.98 Å². The molecule has 9 heteroatoms. The standard InChI is InChI=1S/C21H19ClFN3O2S2/c22-17-11-16(5-6-19(17)26-7-9-28-10-8-26)24-20(27)13-30-21-25-18(12-29-21)14-1-3-15(23)4-2-14/h1-6,11-12H,7-10,13H2,(H,24,27). The van der Waals surface area contributed by atoms with Crippen molar-refractivity contribution in [3.63, 3.8) is 0 Å². The summed E-state index contributed by atoms with van der Waals surface area (Å²) in [5.41, 5.74) is 3.23. The van der Waals surface area contributed by atoms with Gasteiger partial charge in [-0.1, -0.05) is 23.4 Å². The summed E-state index contributed by atoms with van der Waals surface area (Å²) in [6.07, 6.45) is 0. The predicted molar refractivity (Wildman–Crippen MR) is 121 cm³/mol. The van der Waals surface area contributed by atoms with Crippen LogP contribution in [0.1, 0.15) is 0 Å². The quantitative estimate of drug-likeness (QED) is 0.511. The fourth-order valence-corrected chi connectivity index (χ4v) is 4.98. The number of anilines is 2. The van der Waals surface area contributed by atoms with Crippen molar-refractivity contribution in [2.24, 2.45) is 0 Å². The third-order valence-corrected chi connectivity index (χ3v) is 6.86. The van der Waals surface area contributed by atoms with E-state index in [1.54, 1.807) is 18.2 Å². The van der Waals surface area contributed by atoms with E-state index < -0.39 is 0 Å². The normalized spacial score (nSPS) is 14.0. The number of thioether (sulfide) groups is 1.